The predicted molar refractivity (Wildman–Crippen MR) is 96.6 cm³/mol. The van der Waals surface area contributed by atoms with Crippen molar-refractivity contribution in [3.8, 4) is 0 Å². The lowest BCUT2D eigenvalue weighted by molar-refractivity contribution is -0.127. The van der Waals surface area contributed by atoms with Crippen molar-refractivity contribution in [3.63, 3.8) is 0 Å². The summed E-state index contributed by atoms with van der Waals surface area (Å²) in [5, 5.41) is 5.24. The standard InChI is InChI=1S/C17H25N3O5S/c1-13(19-14(2)21)17(22)18-11-15-5-3-4-6-16(15)12-26(23,24)20-7-9-25-10-8-20/h3-6,13H,7-12H2,1-2H3,(H,18,22)(H,19,21). The van der Waals surface area contributed by atoms with Gasteiger partial charge in [0.2, 0.25) is 21.8 Å². The molecule has 2 N–H and O–H groups in total. The molecule has 2 amide bonds. The molecule has 1 fully saturated rings. The van der Waals surface area contributed by atoms with Gasteiger partial charge in [-0.3, -0.25) is 9.59 Å². The highest BCUT2D eigenvalue weighted by Gasteiger charge is 2.25. The minimum absolute atomic E-state index is 0.125. The van der Waals surface area contributed by atoms with Crippen LogP contribution in [0, 0.1) is 0 Å². The molecule has 0 saturated carbocycles. The fourth-order valence-electron chi connectivity index (χ4n) is 2.69. The largest absolute Gasteiger partial charge is 0.379 e. The van der Waals surface area contributed by atoms with Crippen molar-refractivity contribution >= 4 is 21.8 Å². The first kappa shape index (κ1) is 20.3. The van der Waals surface area contributed by atoms with E-state index < -0.39 is 16.1 Å². The summed E-state index contributed by atoms with van der Waals surface area (Å²) in [5.41, 5.74) is 1.37. The van der Waals surface area contributed by atoms with Gasteiger partial charge in [0.15, 0.2) is 0 Å². The van der Waals surface area contributed by atoms with Crippen LogP contribution < -0.4 is 10.6 Å². The van der Waals surface area contributed by atoms with E-state index in [4.69, 9.17) is 4.74 Å². The van der Waals surface area contributed by atoms with Gasteiger partial charge in [0.05, 0.1) is 19.0 Å². The van der Waals surface area contributed by atoms with Crippen molar-refractivity contribution in [1.82, 2.24) is 14.9 Å². The average molecular weight is 383 g/mol. The van der Waals surface area contributed by atoms with Gasteiger partial charge < -0.3 is 15.4 Å². The van der Waals surface area contributed by atoms with Crippen LogP contribution in [0.15, 0.2) is 24.3 Å². The van der Waals surface area contributed by atoms with Crippen LogP contribution in [0.25, 0.3) is 0 Å². The summed E-state index contributed by atoms with van der Waals surface area (Å²) < 4.78 is 31.9. The molecule has 26 heavy (non-hydrogen) atoms. The summed E-state index contributed by atoms with van der Waals surface area (Å²) in [6.45, 7) is 4.64. The molecule has 0 aliphatic carbocycles. The van der Waals surface area contributed by atoms with Crippen molar-refractivity contribution in [2.24, 2.45) is 0 Å². The van der Waals surface area contributed by atoms with Gasteiger partial charge in [0.1, 0.15) is 6.04 Å². The van der Waals surface area contributed by atoms with Crippen molar-refractivity contribution in [2.45, 2.75) is 32.2 Å². The molecule has 0 aromatic heterocycles. The first-order chi connectivity index (χ1) is 12.3. The fourth-order valence-corrected chi connectivity index (χ4v) is 4.25. The molecule has 1 unspecified atom stereocenters. The Balaban J connectivity index is 2.03. The van der Waals surface area contributed by atoms with Crippen LogP contribution in [-0.4, -0.2) is 56.9 Å². The lowest BCUT2D eigenvalue weighted by atomic mass is 10.1. The van der Waals surface area contributed by atoms with Crippen LogP contribution in [0.4, 0.5) is 0 Å². The van der Waals surface area contributed by atoms with E-state index in [0.29, 0.717) is 31.9 Å². The van der Waals surface area contributed by atoms with E-state index in [1.807, 2.05) is 0 Å². The maximum atomic E-state index is 12.6. The zero-order valence-corrected chi connectivity index (χ0v) is 15.8. The van der Waals surface area contributed by atoms with E-state index in [-0.39, 0.29) is 24.1 Å². The number of carbonyl (C=O) groups is 2. The molecule has 1 aliphatic heterocycles. The number of amides is 2. The van der Waals surface area contributed by atoms with Gasteiger partial charge in [-0.1, -0.05) is 24.3 Å². The third-order valence-corrected chi connectivity index (χ3v) is 5.91. The number of carbonyl (C=O) groups excluding carboxylic acids is 2. The van der Waals surface area contributed by atoms with Gasteiger partial charge in [-0.25, -0.2) is 8.42 Å². The van der Waals surface area contributed by atoms with Crippen molar-refractivity contribution < 1.29 is 22.7 Å². The average Bonchev–Trinajstić information content (AvgIpc) is 2.60. The minimum atomic E-state index is -3.45. The number of ether oxygens (including phenoxy) is 1. The van der Waals surface area contributed by atoms with Gasteiger partial charge in [0.25, 0.3) is 0 Å². The third kappa shape index (κ3) is 5.79. The van der Waals surface area contributed by atoms with E-state index in [1.165, 1.54) is 11.2 Å². The molecule has 2 rings (SSSR count). The number of morpholine rings is 1. The Hall–Kier alpha value is -1.97. The van der Waals surface area contributed by atoms with Gasteiger partial charge in [-0.05, 0) is 18.1 Å². The quantitative estimate of drug-likeness (QED) is 0.689. The van der Waals surface area contributed by atoms with Crippen LogP contribution in [0.2, 0.25) is 0 Å². The molecule has 0 radical (unpaired) electrons. The topological polar surface area (TPSA) is 105 Å². The first-order valence-corrected chi connectivity index (χ1v) is 10.1. The highest BCUT2D eigenvalue weighted by Crippen LogP contribution is 2.16. The van der Waals surface area contributed by atoms with E-state index in [0.717, 1.165) is 5.56 Å². The van der Waals surface area contributed by atoms with Gasteiger partial charge in [-0.15, -0.1) is 0 Å². The summed E-state index contributed by atoms with van der Waals surface area (Å²) in [5.74, 6) is -0.740. The Morgan fingerprint density at radius 2 is 1.81 bits per heavy atom. The number of benzene rings is 1. The summed E-state index contributed by atoms with van der Waals surface area (Å²) in [6.07, 6.45) is 0. The summed E-state index contributed by atoms with van der Waals surface area (Å²) in [4.78, 5) is 23.1. The number of hydrogen-bond donors (Lipinski definition) is 2. The molecule has 1 aliphatic rings. The molecule has 0 spiro atoms. The lowest BCUT2D eigenvalue weighted by Gasteiger charge is -2.26. The minimum Gasteiger partial charge on any atom is -0.379 e. The maximum absolute atomic E-state index is 12.6. The zero-order chi connectivity index (χ0) is 19.2. The van der Waals surface area contributed by atoms with E-state index in [9.17, 15) is 18.0 Å². The smallest absolute Gasteiger partial charge is 0.242 e. The Kier molecular flexibility index (Phi) is 7.13. The number of nitrogens with one attached hydrogen (secondary N) is 2. The normalized spacial score (nSPS) is 16.7. The van der Waals surface area contributed by atoms with Crippen LogP contribution in [0.3, 0.4) is 0 Å². The SMILES string of the molecule is CC(=O)NC(C)C(=O)NCc1ccccc1CS(=O)(=O)N1CCOCC1. The number of hydrogen-bond acceptors (Lipinski definition) is 5. The van der Waals surface area contributed by atoms with Crippen LogP contribution in [-0.2, 0) is 36.6 Å². The second-order valence-corrected chi connectivity index (χ2v) is 8.15. The Labute approximate surface area is 153 Å². The Bertz CT molecular complexity index is 745. The van der Waals surface area contributed by atoms with Crippen molar-refractivity contribution in [3.05, 3.63) is 35.4 Å². The van der Waals surface area contributed by atoms with Crippen molar-refractivity contribution in [1.29, 1.82) is 0 Å². The Morgan fingerprint density at radius 1 is 1.19 bits per heavy atom. The highest BCUT2D eigenvalue weighted by atomic mass is 32.2. The second kappa shape index (κ2) is 9.11. The van der Waals surface area contributed by atoms with Gasteiger partial charge in [-0.2, -0.15) is 4.31 Å². The Morgan fingerprint density at radius 3 is 2.42 bits per heavy atom. The first-order valence-electron chi connectivity index (χ1n) is 8.47. The monoisotopic (exact) mass is 383 g/mol. The molecule has 0 bridgehead atoms. The van der Waals surface area contributed by atoms with Crippen LogP contribution >= 0.6 is 0 Å². The van der Waals surface area contributed by atoms with Crippen LogP contribution in [0.1, 0.15) is 25.0 Å². The molecule has 1 aromatic carbocycles. The van der Waals surface area contributed by atoms with Crippen LogP contribution in [0.5, 0.6) is 0 Å². The summed E-state index contributed by atoms with van der Waals surface area (Å²) >= 11 is 0. The summed E-state index contributed by atoms with van der Waals surface area (Å²) in [6, 6.07) is 6.44. The molecular formula is C17H25N3O5S. The molecule has 8 nitrogen and oxygen atoms in total. The molecule has 144 valence electrons. The fraction of sp³-hybridized carbons (Fsp3) is 0.529. The maximum Gasteiger partial charge on any atom is 0.242 e. The number of sulfonamides is 1. The summed E-state index contributed by atoms with van der Waals surface area (Å²) in [7, 11) is -3.45. The number of rotatable bonds is 7. The zero-order valence-electron chi connectivity index (χ0n) is 15.0. The van der Waals surface area contributed by atoms with Crippen molar-refractivity contribution in [2.75, 3.05) is 26.3 Å². The van der Waals surface area contributed by atoms with Gasteiger partial charge >= 0.3 is 0 Å². The third-order valence-electron chi connectivity index (χ3n) is 4.09. The molecule has 1 heterocycles. The molecule has 1 saturated heterocycles. The van der Waals surface area contributed by atoms with E-state index in [2.05, 4.69) is 10.6 Å². The molecule has 1 atom stereocenters. The lowest BCUT2D eigenvalue weighted by Crippen LogP contribution is -2.44. The predicted octanol–water partition coefficient (Wildman–Crippen LogP) is -0.0106. The highest BCUT2D eigenvalue weighted by molar-refractivity contribution is 7.88. The second-order valence-electron chi connectivity index (χ2n) is 6.18. The molecule has 9 heteroatoms. The van der Waals surface area contributed by atoms with E-state index in [1.54, 1.807) is 31.2 Å². The van der Waals surface area contributed by atoms with E-state index >= 15 is 0 Å². The molecule has 1 aromatic rings. The number of nitrogens with zero attached hydrogens (tertiary/aromatic N) is 1. The van der Waals surface area contributed by atoms with Gasteiger partial charge in [0, 0.05) is 26.6 Å². The molecular weight excluding hydrogens is 358 g/mol.